The van der Waals surface area contributed by atoms with Crippen LogP contribution in [0.2, 0.25) is 0 Å². The summed E-state index contributed by atoms with van der Waals surface area (Å²) in [6.07, 6.45) is 1.73. The lowest BCUT2D eigenvalue weighted by Gasteiger charge is -2.18. The highest BCUT2D eigenvalue weighted by atomic mass is 16.5. The van der Waals surface area contributed by atoms with Crippen molar-refractivity contribution in [3.63, 3.8) is 0 Å². The van der Waals surface area contributed by atoms with E-state index in [1.54, 1.807) is 30.5 Å². The average Bonchev–Trinajstić information content (AvgIpc) is 3.30. The third kappa shape index (κ3) is 5.58. The summed E-state index contributed by atoms with van der Waals surface area (Å²) in [4.78, 5) is 30.6. The van der Waals surface area contributed by atoms with Gasteiger partial charge in [0.1, 0.15) is 5.75 Å². The van der Waals surface area contributed by atoms with E-state index in [-0.39, 0.29) is 17.0 Å². The van der Waals surface area contributed by atoms with Crippen LogP contribution in [0.5, 0.6) is 5.75 Å². The van der Waals surface area contributed by atoms with Gasteiger partial charge in [0.15, 0.2) is 5.82 Å². The molecule has 0 saturated carbocycles. The number of carboxylic acids is 1. The van der Waals surface area contributed by atoms with E-state index in [9.17, 15) is 14.7 Å². The Kier molecular flexibility index (Phi) is 8.28. The predicted octanol–water partition coefficient (Wildman–Crippen LogP) is 7.79. The maximum absolute atomic E-state index is 14.1. The minimum Gasteiger partial charge on any atom is -0.494 e. The van der Waals surface area contributed by atoms with E-state index in [2.05, 4.69) is 24.5 Å². The van der Waals surface area contributed by atoms with Crippen LogP contribution < -0.4 is 10.3 Å². The SMILES string of the molecule is CCOc1cc(C)c(-c2nc3ccccc3c(=O)n2N=Cc2c(C)n(Cc3cccc(C(=O)O)c3)c3ccccc23)cc1C(C)C. The molecule has 0 aliphatic heterocycles. The Morgan fingerprint density at radius 2 is 1.72 bits per heavy atom. The van der Waals surface area contributed by atoms with Crippen LogP contribution in [0.3, 0.4) is 0 Å². The summed E-state index contributed by atoms with van der Waals surface area (Å²) in [5.74, 6) is 0.510. The highest BCUT2D eigenvalue weighted by Crippen LogP contribution is 2.34. The van der Waals surface area contributed by atoms with Crippen LogP contribution in [-0.2, 0) is 6.54 Å². The molecule has 0 atom stereocenters. The second-order valence-electron chi connectivity index (χ2n) is 11.7. The molecule has 2 heterocycles. The molecule has 6 rings (SSSR count). The number of carboxylic acid groups (broad SMARTS) is 1. The quantitative estimate of drug-likeness (QED) is 0.168. The summed E-state index contributed by atoms with van der Waals surface area (Å²) in [6, 6.07) is 26.4. The van der Waals surface area contributed by atoms with E-state index in [0.717, 1.165) is 50.2 Å². The van der Waals surface area contributed by atoms with Crippen LogP contribution in [0.25, 0.3) is 33.2 Å². The molecular weight excluding hydrogens is 576 g/mol. The van der Waals surface area contributed by atoms with E-state index in [1.165, 1.54) is 4.68 Å². The Balaban J connectivity index is 1.53. The third-order valence-electron chi connectivity index (χ3n) is 8.37. The molecule has 0 saturated heterocycles. The van der Waals surface area contributed by atoms with Crippen LogP contribution in [0.4, 0.5) is 0 Å². The lowest BCUT2D eigenvalue weighted by molar-refractivity contribution is 0.0696. The third-order valence-corrected chi connectivity index (χ3v) is 8.37. The molecule has 0 fully saturated rings. The number of hydrogen-bond acceptors (Lipinski definition) is 5. The predicted molar refractivity (Wildman–Crippen MR) is 184 cm³/mol. The summed E-state index contributed by atoms with van der Waals surface area (Å²) in [5, 5.41) is 15.8. The fraction of sp³-hybridized carbons (Fsp3) is 0.211. The van der Waals surface area contributed by atoms with E-state index in [4.69, 9.17) is 14.8 Å². The van der Waals surface area contributed by atoms with Crippen molar-refractivity contribution in [1.29, 1.82) is 0 Å². The van der Waals surface area contributed by atoms with Crippen LogP contribution in [0.15, 0.2) is 94.8 Å². The number of carbonyl (C=O) groups is 1. The van der Waals surface area contributed by atoms with Gasteiger partial charge >= 0.3 is 5.97 Å². The first-order valence-corrected chi connectivity index (χ1v) is 15.4. The molecule has 46 heavy (non-hydrogen) atoms. The molecule has 6 aromatic rings. The molecule has 4 aromatic carbocycles. The summed E-state index contributed by atoms with van der Waals surface area (Å²) in [6.45, 7) is 11.2. The molecule has 1 N–H and O–H groups in total. The fourth-order valence-electron chi connectivity index (χ4n) is 6.00. The number of benzene rings is 4. The van der Waals surface area contributed by atoms with Crippen molar-refractivity contribution in [3.8, 4) is 17.1 Å². The number of ether oxygens (including phenoxy) is 1. The fourth-order valence-corrected chi connectivity index (χ4v) is 6.00. The Morgan fingerprint density at radius 1 is 0.978 bits per heavy atom. The van der Waals surface area contributed by atoms with Gasteiger partial charge in [-0.1, -0.05) is 56.3 Å². The summed E-state index contributed by atoms with van der Waals surface area (Å²) in [5.41, 5.74) is 7.01. The minimum atomic E-state index is -0.961. The van der Waals surface area contributed by atoms with Crippen molar-refractivity contribution in [1.82, 2.24) is 14.2 Å². The van der Waals surface area contributed by atoms with Gasteiger partial charge in [0.25, 0.3) is 5.56 Å². The zero-order valence-corrected chi connectivity index (χ0v) is 26.6. The molecule has 0 spiro atoms. The van der Waals surface area contributed by atoms with Gasteiger partial charge in [-0.05, 0) is 85.8 Å². The van der Waals surface area contributed by atoms with Crippen LogP contribution in [0.1, 0.15) is 65.0 Å². The van der Waals surface area contributed by atoms with Gasteiger partial charge in [-0.25, -0.2) is 9.78 Å². The molecule has 0 amide bonds. The average molecular weight is 613 g/mol. The van der Waals surface area contributed by atoms with Gasteiger partial charge in [0, 0.05) is 34.3 Å². The molecule has 0 radical (unpaired) electrons. The first kappa shape index (κ1) is 30.5. The lowest BCUT2D eigenvalue weighted by Crippen LogP contribution is -2.21. The van der Waals surface area contributed by atoms with Crippen LogP contribution >= 0.6 is 0 Å². The van der Waals surface area contributed by atoms with E-state index in [0.29, 0.717) is 29.9 Å². The van der Waals surface area contributed by atoms with Crippen molar-refractivity contribution in [2.75, 3.05) is 6.61 Å². The zero-order chi connectivity index (χ0) is 32.5. The van der Waals surface area contributed by atoms with Gasteiger partial charge in [-0.15, -0.1) is 0 Å². The topological polar surface area (TPSA) is 98.7 Å². The Labute approximate surface area is 267 Å². The largest absolute Gasteiger partial charge is 0.494 e. The Morgan fingerprint density at radius 3 is 2.46 bits per heavy atom. The van der Waals surface area contributed by atoms with Crippen molar-refractivity contribution < 1.29 is 14.6 Å². The van der Waals surface area contributed by atoms with Gasteiger partial charge in [-0.2, -0.15) is 9.78 Å². The van der Waals surface area contributed by atoms with Gasteiger partial charge < -0.3 is 14.4 Å². The Hall–Kier alpha value is -5.50. The molecule has 0 aliphatic carbocycles. The number of rotatable bonds is 9. The van der Waals surface area contributed by atoms with Crippen molar-refractivity contribution in [3.05, 3.63) is 129 Å². The number of hydrogen-bond donors (Lipinski definition) is 1. The number of aromatic nitrogens is 3. The van der Waals surface area contributed by atoms with Crippen molar-refractivity contribution in [2.45, 2.75) is 47.1 Å². The molecule has 8 nitrogen and oxygen atoms in total. The Bertz CT molecular complexity index is 2210. The smallest absolute Gasteiger partial charge is 0.335 e. The molecule has 0 unspecified atom stereocenters. The highest BCUT2D eigenvalue weighted by Gasteiger charge is 2.19. The monoisotopic (exact) mass is 612 g/mol. The molecule has 2 aromatic heterocycles. The number of aryl methyl sites for hydroxylation is 1. The normalized spacial score (nSPS) is 11.7. The van der Waals surface area contributed by atoms with E-state index < -0.39 is 5.97 Å². The van der Waals surface area contributed by atoms with E-state index >= 15 is 0 Å². The number of aromatic carboxylic acids is 1. The second kappa shape index (κ2) is 12.5. The minimum absolute atomic E-state index is 0.190. The standard InChI is InChI=1S/C38H36N4O4/c1-6-46-35-18-24(4)31(20-30(35)23(2)3)36-40-33-16-9-7-15-29(33)37(43)42(36)39-21-32-25(5)41(34-17-10-8-14-28(32)34)22-26-12-11-13-27(19-26)38(44)45/h7-21,23H,6,22H2,1-5H3,(H,44,45). The first-order chi connectivity index (χ1) is 22.2. The highest BCUT2D eigenvalue weighted by molar-refractivity contribution is 6.01. The van der Waals surface area contributed by atoms with Gasteiger partial charge in [0.2, 0.25) is 0 Å². The maximum atomic E-state index is 14.1. The van der Waals surface area contributed by atoms with Gasteiger partial charge in [-0.3, -0.25) is 4.79 Å². The summed E-state index contributed by atoms with van der Waals surface area (Å²) in [7, 11) is 0. The van der Waals surface area contributed by atoms with Crippen molar-refractivity contribution >= 4 is 34.0 Å². The van der Waals surface area contributed by atoms with Crippen LogP contribution in [0, 0.1) is 13.8 Å². The first-order valence-electron chi connectivity index (χ1n) is 15.4. The van der Waals surface area contributed by atoms with Gasteiger partial charge in [0.05, 0.1) is 29.3 Å². The van der Waals surface area contributed by atoms with Crippen LogP contribution in [-0.4, -0.2) is 38.1 Å². The van der Waals surface area contributed by atoms with Crippen molar-refractivity contribution in [2.24, 2.45) is 5.10 Å². The summed E-state index contributed by atoms with van der Waals surface area (Å²) >= 11 is 0. The number of fused-ring (bicyclic) bond motifs is 2. The molecule has 0 aliphatic rings. The zero-order valence-electron chi connectivity index (χ0n) is 26.6. The lowest BCUT2D eigenvalue weighted by atomic mass is 9.96. The molecule has 0 bridgehead atoms. The number of para-hydroxylation sites is 2. The molecular formula is C38H36N4O4. The van der Waals surface area contributed by atoms with E-state index in [1.807, 2.05) is 75.4 Å². The molecule has 8 heteroatoms. The number of nitrogens with zero attached hydrogens (tertiary/aromatic N) is 4. The summed E-state index contributed by atoms with van der Waals surface area (Å²) < 4.78 is 9.51. The second-order valence-corrected chi connectivity index (χ2v) is 11.7. The maximum Gasteiger partial charge on any atom is 0.335 e. The molecule has 232 valence electrons.